The number of para-hydroxylation sites is 1. The molecule has 2 atom stereocenters. The Labute approximate surface area is 123 Å². The molecule has 0 spiro atoms. The highest BCUT2D eigenvalue weighted by Gasteiger charge is 2.08. The van der Waals surface area contributed by atoms with Crippen molar-refractivity contribution in [3.05, 3.63) is 29.8 Å². The molecule has 0 unspecified atom stereocenters. The molecule has 20 heavy (non-hydrogen) atoms. The number of ether oxygens (including phenoxy) is 2. The van der Waals surface area contributed by atoms with Gasteiger partial charge < -0.3 is 14.8 Å². The zero-order chi connectivity index (χ0) is 14.8. The first-order valence-corrected chi connectivity index (χ1v) is 7.58. The van der Waals surface area contributed by atoms with Crippen molar-refractivity contribution in [2.45, 2.75) is 52.2 Å². The Morgan fingerprint density at radius 3 is 2.60 bits per heavy atom. The number of rotatable bonds is 10. The van der Waals surface area contributed by atoms with Gasteiger partial charge in [0.25, 0.3) is 0 Å². The van der Waals surface area contributed by atoms with E-state index in [-0.39, 0.29) is 6.10 Å². The lowest BCUT2D eigenvalue weighted by Crippen LogP contribution is -2.29. The second-order valence-electron chi connectivity index (χ2n) is 5.47. The summed E-state index contributed by atoms with van der Waals surface area (Å²) in [5.41, 5.74) is 1.20. The van der Waals surface area contributed by atoms with Gasteiger partial charge in [-0.25, -0.2) is 0 Å². The molecule has 3 nitrogen and oxygen atoms in total. The van der Waals surface area contributed by atoms with Crippen LogP contribution < -0.4 is 10.1 Å². The molecule has 0 saturated carbocycles. The van der Waals surface area contributed by atoms with Gasteiger partial charge in [0.15, 0.2) is 0 Å². The van der Waals surface area contributed by atoms with Crippen LogP contribution >= 0.6 is 0 Å². The molecule has 0 radical (unpaired) electrons. The first kappa shape index (κ1) is 17.0. The monoisotopic (exact) mass is 279 g/mol. The molecule has 1 N–H and O–H groups in total. The number of nitrogens with one attached hydrogen (secondary N) is 1. The van der Waals surface area contributed by atoms with Crippen LogP contribution in [0.1, 0.15) is 38.7 Å². The van der Waals surface area contributed by atoms with Crippen molar-refractivity contribution in [1.82, 2.24) is 5.32 Å². The molecule has 0 aliphatic heterocycles. The molecule has 3 heteroatoms. The lowest BCUT2D eigenvalue weighted by molar-refractivity contribution is 0.189. The largest absolute Gasteiger partial charge is 0.490 e. The summed E-state index contributed by atoms with van der Waals surface area (Å²) in [6.45, 7) is 8.30. The predicted octanol–water partition coefficient (Wildman–Crippen LogP) is 3.56. The third-order valence-corrected chi connectivity index (χ3v) is 3.45. The zero-order valence-electron chi connectivity index (χ0n) is 13.3. The van der Waals surface area contributed by atoms with Gasteiger partial charge in [0.1, 0.15) is 5.75 Å². The smallest absolute Gasteiger partial charge is 0.122 e. The Kier molecular flexibility index (Phi) is 8.31. The lowest BCUT2D eigenvalue weighted by atomic mass is 10.1. The van der Waals surface area contributed by atoms with Crippen LogP contribution in [0.2, 0.25) is 0 Å². The first-order chi connectivity index (χ1) is 9.63. The average Bonchev–Trinajstić information content (AvgIpc) is 2.44. The van der Waals surface area contributed by atoms with Crippen LogP contribution in [0.4, 0.5) is 0 Å². The van der Waals surface area contributed by atoms with Gasteiger partial charge in [0, 0.05) is 19.8 Å². The first-order valence-electron chi connectivity index (χ1n) is 7.58. The van der Waals surface area contributed by atoms with E-state index in [0.717, 1.165) is 38.2 Å². The standard InChI is InChI=1S/C17H29NO2/c1-14-8-5-6-9-17(14)20-16(3)11-10-15(2)18-12-7-13-19-4/h5-6,8-9,15-16,18H,7,10-13H2,1-4H3/t15-,16-/m0/s1. The summed E-state index contributed by atoms with van der Waals surface area (Å²) in [6.07, 6.45) is 3.50. The van der Waals surface area contributed by atoms with E-state index in [1.165, 1.54) is 5.56 Å². The van der Waals surface area contributed by atoms with Crippen molar-refractivity contribution in [1.29, 1.82) is 0 Å². The second kappa shape index (κ2) is 9.78. The Bertz CT molecular complexity index is 368. The highest BCUT2D eigenvalue weighted by atomic mass is 16.5. The molecule has 0 aliphatic rings. The Morgan fingerprint density at radius 2 is 1.90 bits per heavy atom. The van der Waals surface area contributed by atoms with Crippen molar-refractivity contribution in [3.8, 4) is 5.75 Å². The number of methoxy groups -OCH3 is 1. The Hall–Kier alpha value is -1.06. The van der Waals surface area contributed by atoms with Crippen LogP contribution in [-0.2, 0) is 4.74 Å². The summed E-state index contributed by atoms with van der Waals surface area (Å²) < 4.78 is 11.0. The van der Waals surface area contributed by atoms with Crippen LogP contribution in [0.15, 0.2) is 24.3 Å². The van der Waals surface area contributed by atoms with Crippen molar-refractivity contribution in [2.75, 3.05) is 20.3 Å². The van der Waals surface area contributed by atoms with Crippen molar-refractivity contribution < 1.29 is 9.47 Å². The van der Waals surface area contributed by atoms with E-state index < -0.39 is 0 Å². The maximum atomic E-state index is 5.99. The van der Waals surface area contributed by atoms with Gasteiger partial charge in [-0.1, -0.05) is 18.2 Å². The third kappa shape index (κ3) is 6.92. The van der Waals surface area contributed by atoms with E-state index in [1.807, 2.05) is 18.2 Å². The van der Waals surface area contributed by atoms with E-state index in [1.54, 1.807) is 7.11 Å². The molecule has 0 aromatic heterocycles. The van der Waals surface area contributed by atoms with E-state index >= 15 is 0 Å². The van der Waals surface area contributed by atoms with Crippen molar-refractivity contribution in [2.24, 2.45) is 0 Å². The molecule has 0 aliphatic carbocycles. The van der Waals surface area contributed by atoms with Gasteiger partial charge in [0.05, 0.1) is 6.10 Å². The minimum absolute atomic E-state index is 0.249. The van der Waals surface area contributed by atoms with E-state index in [0.29, 0.717) is 6.04 Å². The predicted molar refractivity (Wildman–Crippen MR) is 84.5 cm³/mol. The van der Waals surface area contributed by atoms with Crippen LogP contribution in [-0.4, -0.2) is 32.4 Å². The third-order valence-electron chi connectivity index (χ3n) is 3.45. The van der Waals surface area contributed by atoms with Gasteiger partial charge in [-0.15, -0.1) is 0 Å². The SMILES string of the molecule is COCCCN[C@@H](C)CC[C@H](C)Oc1ccccc1C. The van der Waals surface area contributed by atoms with Crippen molar-refractivity contribution >= 4 is 0 Å². The normalized spacial score (nSPS) is 14.0. The molecule has 1 rings (SSSR count). The molecular formula is C17H29NO2. The summed E-state index contributed by atoms with van der Waals surface area (Å²) in [5, 5.41) is 3.51. The van der Waals surface area contributed by atoms with Crippen molar-refractivity contribution in [3.63, 3.8) is 0 Å². The number of benzene rings is 1. The molecule has 0 amide bonds. The van der Waals surface area contributed by atoms with Gasteiger partial charge in [-0.2, -0.15) is 0 Å². The topological polar surface area (TPSA) is 30.5 Å². The summed E-state index contributed by atoms with van der Waals surface area (Å²) in [5.74, 6) is 1.00. The van der Waals surface area contributed by atoms with Crippen LogP contribution in [0.5, 0.6) is 5.75 Å². The van der Waals surface area contributed by atoms with E-state index in [4.69, 9.17) is 9.47 Å². The molecule has 0 bridgehead atoms. The van der Waals surface area contributed by atoms with Crippen LogP contribution in [0.3, 0.4) is 0 Å². The number of aryl methyl sites for hydroxylation is 1. The molecular weight excluding hydrogens is 250 g/mol. The van der Waals surface area contributed by atoms with Gasteiger partial charge in [0.2, 0.25) is 0 Å². The molecule has 1 aromatic carbocycles. The average molecular weight is 279 g/mol. The highest BCUT2D eigenvalue weighted by Crippen LogP contribution is 2.19. The van der Waals surface area contributed by atoms with Gasteiger partial charge in [-0.05, 0) is 58.2 Å². The molecule has 0 saturated heterocycles. The maximum absolute atomic E-state index is 5.99. The van der Waals surface area contributed by atoms with Gasteiger partial charge in [-0.3, -0.25) is 0 Å². The Balaban J connectivity index is 2.19. The van der Waals surface area contributed by atoms with E-state index in [2.05, 4.69) is 32.2 Å². The summed E-state index contributed by atoms with van der Waals surface area (Å²) in [7, 11) is 1.74. The maximum Gasteiger partial charge on any atom is 0.122 e. The molecule has 1 aromatic rings. The number of hydrogen-bond donors (Lipinski definition) is 1. The summed E-state index contributed by atoms with van der Waals surface area (Å²) >= 11 is 0. The fourth-order valence-corrected chi connectivity index (χ4v) is 2.12. The fourth-order valence-electron chi connectivity index (χ4n) is 2.12. The minimum Gasteiger partial charge on any atom is -0.490 e. The quantitative estimate of drug-likeness (QED) is 0.664. The number of hydrogen-bond acceptors (Lipinski definition) is 3. The molecule has 0 fully saturated rings. The molecule has 0 heterocycles. The van der Waals surface area contributed by atoms with E-state index in [9.17, 15) is 0 Å². The Morgan fingerprint density at radius 1 is 1.15 bits per heavy atom. The highest BCUT2D eigenvalue weighted by molar-refractivity contribution is 5.31. The van der Waals surface area contributed by atoms with Crippen LogP contribution in [0, 0.1) is 6.92 Å². The second-order valence-corrected chi connectivity index (χ2v) is 5.47. The van der Waals surface area contributed by atoms with Gasteiger partial charge >= 0.3 is 0 Å². The van der Waals surface area contributed by atoms with Crippen LogP contribution in [0.25, 0.3) is 0 Å². The molecule has 114 valence electrons. The lowest BCUT2D eigenvalue weighted by Gasteiger charge is -2.19. The summed E-state index contributed by atoms with van der Waals surface area (Å²) in [4.78, 5) is 0. The summed E-state index contributed by atoms with van der Waals surface area (Å²) in [6, 6.07) is 8.71. The minimum atomic E-state index is 0.249. The fraction of sp³-hybridized carbons (Fsp3) is 0.647. The zero-order valence-corrected chi connectivity index (χ0v) is 13.3.